The molecule has 0 saturated carbocycles. The van der Waals surface area contributed by atoms with Crippen molar-refractivity contribution in [2.75, 3.05) is 6.54 Å². The molecular weight excluding hydrogens is 333 g/mol. The van der Waals surface area contributed by atoms with E-state index in [2.05, 4.69) is 20.8 Å². The molecule has 0 bridgehead atoms. The molecular formula is C14H14F5N5. The standard InChI is InChI=1S/C14H14F5N5/c15-13(16,14(17,18)19)12(7-4-8-20-12)11-21-22-23-24(11)9-10-5-2-1-3-6-10/h1-3,5-6,20H,4,7-9H2. The lowest BCUT2D eigenvalue weighted by Crippen LogP contribution is -2.61. The number of alkyl halides is 5. The molecule has 1 N–H and O–H groups in total. The van der Waals surface area contributed by atoms with Gasteiger partial charge < -0.3 is 0 Å². The minimum Gasteiger partial charge on any atom is -0.299 e. The number of nitrogens with zero attached hydrogens (tertiary/aromatic N) is 4. The third kappa shape index (κ3) is 2.54. The van der Waals surface area contributed by atoms with E-state index in [0.29, 0.717) is 5.56 Å². The molecule has 1 unspecified atom stereocenters. The van der Waals surface area contributed by atoms with Crippen molar-refractivity contribution in [3.63, 3.8) is 0 Å². The fraction of sp³-hybridized carbons (Fsp3) is 0.500. The Morgan fingerprint density at radius 2 is 1.83 bits per heavy atom. The Hall–Kier alpha value is -2.10. The van der Waals surface area contributed by atoms with E-state index in [1.165, 1.54) is 0 Å². The summed E-state index contributed by atoms with van der Waals surface area (Å²) in [5.41, 5.74) is -1.97. The number of hydrogen-bond acceptors (Lipinski definition) is 4. The minimum atomic E-state index is -5.71. The van der Waals surface area contributed by atoms with E-state index in [9.17, 15) is 22.0 Å². The second-order valence-electron chi connectivity index (χ2n) is 5.65. The molecule has 1 aromatic heterocycles. The van der Waals surface area contributed by atoms with Crippen molar-refractivity contribution >= 4 is 0 Å². The van der Waals surface area contributed by atoms with Crippen LogP contribution in [0.4, 0.5) is 22.0 Å². The lowest BCUT2D eigenvalue weighted by molar-refractivity contribution is -0.314. The molecule has 2 aromatic rings. The van der Waals surface area contributed by atoms with Gasteiger partial charge in [-0.3, -0.25) is 5.32 Å². The van der Waals surface area contributed by atoms with E-state index in [-0.39, 0.29) is 19.5 Å². The van der Waals surface area contributed by atoms with Crippen LogP contribution in [0.15, 0.2) is 30.3 Å². The normalized spacial score (nSPS) is 22.0. The third-order valence-corrected chi connectivity index (χ3v) is 4.14. The first kappa shape index (κ1) is 16.7. The highest BCUT2D eigenvalue weighted by Gasteiger charge is 2.73. The van der Waals surface area contributed by atoms with Gasteiger partial charge in [0.25, 0.3) is 0 Å². The van der Waals surface area contributed by atoms with Crippen LogP contribution in [0.3, 0.4) is 0 Å². The largest absolute Gasteiger partial charge is 0.455 e. The summed E-state index contributed by atoms with van der Waals surface area (Å²) < 4.78 is 68.6. The third-order valence-electron chi connectivity index (χ3n) is 4.14. The van der Waals surface area contributed by atoms with Crippen molar-refractivity contribution in [1.29, 1.82) is 0 Å². The second kappa shape index (κ2) is 5.76. The molecule has 1 fully saturated rings. The fourth-order valence-electron chi connectivity index (χ4n) is 2.96. The molecule has 1 aromatic carbocycles. The molecule has 5 nitrogen and oxygen atoms in total. The predicted molar refractivity (Wildman–Crippen MR) is 73.3 cm³/mol. The summed E-state index contributed by atoms with van der Waals surface area (Å²) in [6, 6.07) is 8.65. The molecule has 1 atom stereocenters. The molecule has 3 rings (SSSR count). The van der Waals surface area contributed by atoms with Gasteiger partial charge in [0.15, 0.2) is 11.4 Å². The number of aromatic nitrogens is 4. The molecule has 130 valence electrons. The molecule has 0 aliphatic carbocycles. The molecule has 1 aliphatic rings. The van der Waals surface area contributed by atoms with E-state index in [0.717, 1.165) is 4.68 Å². The number of benzene rings is 1. The van der Waals surface area contributed by atoms with Crippen molar-refractivity contribution in [2.24, 2.45) is 0 Å². The number of nitrogens with one attached hydrogen (secondary N) is 1. The van der Waals surface area contributed by atoms with Gasteiger partial charge in [-0.2, -0.15) is 22.0 Å². The maximum absolute atomic E-state index is 14.3. The Kier molecular flexibility index (Phi) is 4.02. The Balaban J connectivity index is 2.04. The van der Waals surface area contributed by atoms with Gasteiger partial charge in [0, 0.05) is 0 Å². The predicted octanol–water partition coefficient (Wildman–Crippen LogP) is 2.50. The SMILES string of the molecule is FC(F)(F)C(F)(F)C1(c2nnnn2Cc2ccccc2)CCCN1. The molecule has 0 spiro atoms. The van der Waals surface area contributed by atoms with E-state index in [1.807, 2.05) is 0 Å². The molecule has 10 heteroatoms. The van der Waals surface area contributed by atoms with Crippen molar-refractivity contribution in [3.05, 3.63) is 41.7 Å². The summed E-state index contributed by atoms with van der Waals surface area (Å²) >= 11 is 0. The molecule has 0 amide bonds. The second-order valence-corrected chi connectivity index (χ2v) is 5.65. The highest BCUT2D eigenvalue weighted by molar-refractivity contribution is 5.20. The highest BCUT2D eigenvalue weighted by Crippen LogP contribution is 2.51. The zero-order chi connectivity index (χ0) is 17.4. The van der Waals surface area contributed by atoms with E-state index < -0.39 is 29.9 Å². The Morgan fingerprint density at radius 1 is 1.12 bits per heavy atom. The fourth-order valence-corrected chi connectivity index (χ4v) is 2.96. The smallest absolute Gasteiger partial charge is 0.299 e. The quantitative estimate of drug-likeness (QED) is 0.864. The first-order valence-corrected chi connectivity index (χ1v) is 7.28. The van der Waals surface area contributed by atoms with Crippen LogP contribution in [0.5, 0.6) is 0 Å². The summed E-state index contributed by atoms with van der Waals surface area (Å²) in [4.78, 5) is 0. The zero-order valence-electron chi connectivity index (χ0n) is 12.4. The van der Waals surface area contributed by atoms with Gasteiger partial charge in [0.1, 0.15) is 0 Å². The van der Waals surface area contributed by atoms with Gasteiger partial charge in [-0.1, -0.05) is 30.3 Å². The van der Waals surface area contributed by atoms with Crippen LogP contribution >= 0.6 is 0 Å². The van der Waals surface area contributed by atoms with Crippen molar-refractivity contribution in [1.82, 2.24) is 25.5 Å². The van der Waals surface area contributed by atoms with Gasteiger partial charge in [0.2, 0.25) is 0 Å². The molecule has 1 saturated heterocycles. The number of rotatable bonds is 4. The summed E-state index contributed by atoms with van der Waals surface area (Å²) in [7, 11) is 0. The highest BCUT2D eigenvalue weighted by atomic mass is 19.4. The van der Waals surface area contributed by atoms with E-state index >= 15 is 0 Å². The summed E-state index contributed by atoms with van der Waals surface area (Å²) in [5, 5.41) is 12.8. The molecule has 24 heavy (non-hydrogen) atoms. The Bertz CT molecular complexity index is 691. The molecule has 2 heterocycles. The number of hydrogen-bond donors (Lipinski definition) is 1. The average Bonchev–Trinajstić information content (AvgIpc) is 3.16. The summed E-state index contributed by atoms with van der Waals surface area (Å²) in [5.74, 6) is -5.51. The topological polar surface area (TPSA) is 55.6 Å². The van der Waals surface area contributed by atoms with Gasteiger partial charge in [-0.05, 0) is 35.4 Å². The maximum atomic E-state index is 14.3. The van der Waals surface area contributed by atoms with Gasteiger partial charge in [0.05, 0.1) is 6.54 Å². The Morgan fingerprint density at radius 3 is 2.42 bits per heavy atom. The van der Waals surface area contributed by atoms with Crippen LogP contribution in [0, 0.1) is 0 Å². The van der Waals surface area contributed by atoms with Gasteiger partial charge in [-0.15, -0.1) is 5.10 Å². The number of halogens is 5. The van der Waals surface area contributed by atoms with Crippen LogP contribution in [0.2, 0.25) is 0 Å². The van der Waals surface area contributed by atoms with Crippen LogP contribution in [0.1, 0.15) is 24.2 Å². The minimum absolute atomic E-state index is 0.000536. The van der Waals surface area contributed by atoms with Crippen LogP contribution < -0.4 is 5.32 Å². The lowest BCUT2D eigenvalue weighted by Gasteiger charge is -2.36. The Labute approximate surface area is 133 Å². The molecule has 1 aliphatic heterocycles. The average molecular weight is 347 g/mol. The van der Waals surface area contributed by atoms with Crippen molar-refractivity contribution < 1.29 is 22.0 Å². The van der Waals surface area contributed by atoms with Gasteiger partial charge in [-0.25, -0.2) is 4.68 Å². The van der Waals surface area contributed by atoms with Crippen LogP contribution in [-0.2, 0) is 12.1 Å². The van der Waals surface area contributed by atoms with Gasteiger partial charge >= 0.3 is 12.1 Å². The maximum Gasteiger partial charge on any atom is 0.455 e. The summed E-state index contributed by atoms with van der Waals surface area (Å²) in [6.45, 7) is 0.0322. The monoisotopic (exact) mass is 347 g/mol. The number of tetrazole rings is 1. The lowest BCUT2D eigenvalue weighted by atomic mass is 9.87. The summed E-state index contributed by atoms with van der Waals surface area (Å²) in [6.07, 6.45) is -5.95. The molecule has 0 radical (unpaired) electrons. The van der Waals surface area contributed by atoms with Crippen LogP contribution in [0.25, 0.3) is 0 Å². The zero-order valence-corrected chi connectivity index (χ0v) is 12.4. The van der Waals surface area contributed by atoms with E-state index in [4.69, 9.17) is 0 Å². The first-order valence-electron chi connectivity index (χ1n) is 7.28. The van der Waals surface area contributed by atoms with Crippen molar-refractivity contribution in [3.8, 4) is 0 Å². The van der Waals surface area contributed by atoms with Crippen molar-refractivity contribution in [2.45, 2.75) is 37.0 Å². The van der Waals surface area contributed by atoms with Crippen LogP contribution in [-0.4, -0.2) is 38.9 Å². The van der Waals surface area contributed by atoms with E-state index in [1.54, 1.807) is 30.3 Å². The first-order chi connectivity index (χ1) is 11.3.